The van der Waals surface area contributed by atoms with E-state index in [4.69, 9.17) is 0 Å². The van der Waals surface area contributed by atoms with Crippen LogP contribution in [0.2, 0.25) is 0 Å². The summed E-state index contributed by atoms with van der Waals surface area (Å²) >= 11 is 0. The third-order valence-corrected chi connectivity index (χ3v) is 4.92. The molecule has 1 aromatic heterocycles. The maximum atomic E-state index is 12.5. The minimum absolute atomic E-state index is 0.0370. The lowest BCUT2D eigenvalue weighted by Crippen LogP contribution is -2.41. The maximum absolute atomic E-state index is 12.5. The fourth-order valence-corrected chi connectivity index (χ4v) is 3.49. The molecular weight excluding hydrogens is 310 g/mol. The van der Waals surface area contributed by atoms with Gasteiger partial charge in [-0.05, 0) is 23.8 Å². The molecular formula is C21H29N3O. The number of carbonyl (C=O) groups is 1. The third-order valence-electron chi connectivity index (χ3n) is 4.92. The van der Waals surface area contributed by atoms with Crippen molar-refractivity contribution < 1.29 is 4.79 Å². The highest BCUT2D eigenvalue weighted by molar-refractivity contribution is 5.81. The van der Waals surface area contributed by atoms with Gasteiger partial charge in [-0.3, -0.25) is 9.48 Å². The summed E-state index contributed by atoms with van der Waals surface area (Å²) < 4.78 is 2.10. The van der Waals surface area contributed by atoms with E-state index in [1.807, 2.05) is 33.0 Å². The summed E-state index contributed by atoms with van der Waals surface area (Å²) in [7, 11) is 0. The van der Waals surface area contributed by atoms with Gasteiger partial charge in [-0.1, -0.05) is 65.0 Å². The van der Waals surface area contributed by atoms with E-state index >= 15 is 0 Å². The molecule has 4 nitrogen and oxygen atoms in total. The van der Waals surface area contributed by atoms with Gasteiger partial charge in [0.05, 0.1) is 18.8 Å². The summed E-state index contributed by atoms with van der Waals surface area (Å²) in [4.78, 5) is 12.5. The van der Waals surface area contributed by atoms with E-state index in [0.29, 0.717) is 0 Å². The highest BCUT2D eigenvalue weighted by Crippen LogP contribution is 2.41. The van der Waals surface area contributed by atoms with Gasteiger partial charge >= 0.3 is 0 Å². The number of hydrogen-bond donors (Lipinski definition) is 1. The number of benzene rings is 1. The highest BCUT2D eigenvalue weighted by atomic mass is 16.2. The summed E-state index contributed by atoms with van der Waals surface area (Å²) in [5.41, 5.74) is 3.42. The van der Waals surface area contributed by atoms with E-state index in [2.05, 4.69) is 53.2 Å². The molecule has 2 aromatic rings. The van der Waals surface area contributed by atoms with Crippen LogP contribution in [0.4, 0.5) is 0 Å². The van der Waals surface area contributed by atoms with Gasteiger partial charge < -0.3 is 5.32 Å². The van der Waals surface area contributed by atoms with Crippen LogP contribution in [-0.4, -0.2) is 15.7 Å². The SMILES string of the molecule is CC1(C)Cc2c(cnn2Cc2ccccc2)[C@@H](NC(=O)C(C)(C)C)C1. The molecule has 0 saturated carbocycles. The van der Waals surface area contributed by atoms with Crippen molar-refractivity contribution in [3.05, 3.63) is 53.3 Å². The number of aromatic nitrogens is 2. The number of nitrogens with zero attached hydrogens (tertiary/aromatic N) is 2. The van der Waals surface area contributed by atoms with Crippen molar-refractivity contribution in [2.24, 2.45) is 10.8 Å². The molecule has 1 aliphatic rings. The molecule has 1 heterocycles. The second-order valence-electron chi connectivity index (χ2n) is 9.01. The van der Waals surface area contributed by atoms with Crippen molar-refractivity contribution in [3.8, 4) is 0 Å². The number of rotatable bonds is 3. The molecule has 0 spiro atoms. The first kappa shape index (κ1) is 17.7. The Morgan fingerprint density at radius 1 is 1.28 bits per heavy atom. The zero-order chi connectivity index (χ0) is 18.2. The van der Waals surface area contributed by atoms with Crippen molar-refractivity contribution in [1.29, 1.82) is 0 Å². The Morgan fingerprint density at radius 2 is 1.96 bits per heavy atom. The molecule has 0 radical (unpaired) electrons. The van der Waals surface area contributed by atoms with Crippen molar-refractivity contribution in [3.63, 3.8) is 0 Å². The molecule has 0 aliphatic heterocycles. The maximum Gasteiger partial charge on any atom is 0.225 e. The van der Waals surface area contributed by atoms with Gasteiger partial charge in [0.15, 0.2) is 0 Å². The van der Waals surface area contributed by atoms with Crippen LogP contribution in [0, 0.1) is 10.8 Å². The van der Waals surface area contributed by atoms with Crippen LogP contribution in [-0.2, 0) is 17.8 Å². The number of hydrogen-bond acceptors (Lipinski definition) is 2. The number of nitrogens with one attached hydrogen (secondary N) is 1. The molecule has 0 bridgehead atoms. The largest absolute Gasteiger partial charge is 0.349 e. The van der Waals surface area contributed by atoms with Gasteiger partial charge in [0.25, 0.3) is 0 Å². The van der Waals surface area contributed by atoms with Crippen LogP contribution >= 0.6 is 0 Å². The predicted octanol–water partition coefficient (Wildman–Crippen LogP) is 4.11. The topological polar surface area (TPSA) is 46.9 Å². The molecule has 3 rings (SSSR count). The Labute approximate surface area is 150 Å². The smallest absolute Gasteiger partial charge is 0.225 e. The van der Waals surface area contributed by atoms with Crippen LogP contribution in [0.3, 0.4) is 0 Å². The van der Waals surface area contributed by atoms with E-state index in [1.165, 1.54) is 16.8 Å². The lowest BCUT2D eigenvalue weighted by molar-refractivity contribution is -0.129. The zero-order valence-electron chi connectivity index (χ0n) is 16.0. The fourth-order valence-electron chi connectivity index (χ4n) is 3.49. The first-order valence-corrected chi connectivity index (χ1v) is 9.05. The molecule has 1 amide bonds. The summed E-state index contributed by atoms with van der Waals surface area (Å²) in [6.07, 6.45) is 3.87. The van der Waals surface area contributed by atoms with Crippen molar-refractivity contribution >= 4 is 5.91 Å². The van der Waals surface area contributed by atoms with Crippen LogP contribution in [0.15, 0.2) is 36.5 Å². The monoisotopic (exact) mass is 339 g/mol. The molecule has 1 aliphatic carbocycles. The van der Waals surface area contributed by atoms with Crippen LogP contribution in [0.5, 0.6) is 0 Å². The standard InChI is InChI=1S/C21H29N3O/c1-20(2,3)19(25)23-17-11-21(4,5)12-18-16(17)13-22-24(18)14-15-9-7-6-8-10-15/h6-10,13,17H,11-12,14H2,1-5H3,(H,23,25)/t17-/m0/s1. The zero-order valence-corrected chi connectivity index (χ0v) is 16.0. The van der Waals surface area contributed by atoms with E-state index < -0.39 is 0 Å². The van der Waals surface area contributed by atoms with Crippen molar-refractivity contribution in [2.45, 2.75) is 60.0 Å². The molecule has 0 unspecified atom stereocenters. The third kappa shape index (κ3) is 3.94. The second kappa shape index (κ2) is 6.32. The quantitative estimate of drug-likeness (QED) is 0.915. The number of amides is 1. The van der Waals surface area contributed by atoms with Gasteiger partial charge in [-0.25, -0.2) is 0 Å². The molecule has 25 heavy (non-hydrogen) atoms. The highest BCUT2D eigenvalue weighted by Gasteiger charge is 2.37. The van der Waals surface area contributed by atoms with Gasteiger partial charge in [-0.2, -0.15) is 5.10 Å². The lowest BCUT2D eigenvalue weighted by Gasteiger charge is -2.37. The van der Waals surface area contributed by atoms with Crippen LogP contribution < -0.4 is 5.32 Å². The number of fused-ring (bicyclic) bond motifs is 1. The van der Waals surface area contributed by atoms with Gasteiger partial charge in [0.2, 0.25) is 5.91 Å². The fraction of sp³-hybridized carbons (Fsp3) is 0.524. The van der Waals surface area contributed by atoms with E-state index in [0.717, 1.165) is 19.4 Å². The van der Waals surface area contributed by atoms with Crippen LogP contribution in [0.25, 0.3) is 0 Å². The Hall–Kier alpha value is -2.10. The molecule has 0 fully saturated rings. The predicted molar refractivity (Wildman–Crippen MR) is 100 cm³/mol. The first-order chi connectivity index (χ1) is 11.7. The Kier molecular flexibility index (Phi) is 4.48. The van der Waals surface area contributed by atoms with Crippen molar-refractivity contribution in [1.82, 2.24) is 15.1 Å². The molecule has 134 valence electrons. The second-order valence-corrected chi connectivity index (χ2v) is 9.01. The van der Waals surface area contributed by atoms with Crippen molar-refractivity contribution in [2.75, 3.05) is 0 Å². The Balaban J connectivity index is 1.90. The molecule has 0 saturated heterocycles. The van der Waals surface area contributed by atoms with Crippen LogP contribution in [0.1, 0.15) is 63.9 Å². The molecule has 1 N–H and O–H groups in total. The number of carbonyl (C=O) groups excluding carboxylic acids is 1. The van der Waals surface area contributed by atoms with E-state index in [-0.39, 0.29) is 22.8 Å². The minimum atomic E-state index is -0.387. The average Bonchev–Trinajstić information content (AvgIpc) is 2.89. The molecule has 1 aromatic carbocycles. The average molecular weight is 339 g/mol. The summed E-state index contributed by atoms with van der Waals surface area (Å²) in [6, 6.07) is 10.4. The lowest BCUT2D eigenvalue weighted by atomic mass is 9.74. The summed E-state index contributed by atoms with van der Waals surface area (Å²) in [6.45, 7) is 11.2. The first-order valence-electron chi connectivity index (χ1n) is 9.05. The van der Waals surface area contributed by atoms with Gasteiger partial charge in [0.1, 0.15) is 0 Å². The summed E-state index contributed by atoms with van der Waals surface area (Å²) in [5, 5.41) is 7.90. The van der Waals surface area contributed by atoms with Gasteiger partial charge in [0, 0.05) is 16.7 Å². The van der Waals surface area contributed by atoms with E-state index in [9.17, 15) is 4.79 Å². The minimum Gasteiger partial charge on any atom is -0.349 e. The van der Waals surface area contributed by atoms with E-state index in [1.54, 1.807) is 0 Å². The Bertz CT molecular complexity index is 753. The summed E-state index contributed by atoms with van der Waals surface area (Å²) in [5.74, 6) is 0.0944. The normalized spacial score (nSPS) is 19.3. The van der Waals surface area contributed by atoms with Gasteiger partial charge in [-0.15, -0.1) is 0 Å². The molecule has 4 heteroatoms. The molecule has 1 atom stereocenters. The Morgan fingerprint density at radius 3 is 2.60 bits per heavy atom.